The highest BCUT2D eigenvalue weighted by molar-refractivity contribution is 9.10. The summed E-state index contributed by atoms with van der Waals surface area (Å²) in [4.78, 5) is 70.6. The third-order valence-electron chi connectivity index (χ3n) is 4.65. The maximum Gasteiger partial charge on any atom is 0.353 e. The zero-order chi connectivity index (χ0) is 31.3. The van der Waals surface area contributed by atoms with Crippen molar-refractivity contribution in [1.29, 1.82) is 0 Å². The highest BCUT2D eigenvalue weighted by atomic mass is 79.9. The minimum absolute atomic E-state index is 0.126. The maximum absolute atomic E-state index is 13.6. The molecule has 0 saturated carbocycles. The van der Waals surface area contributed by atoms with Gasteiger partial charge >= 0.3 is 35.0 Å². The van der Waals surface area contributed by atoms with E-state index >= 15 is 0 Å². The molecule has 16 nitrogen and oxygen atoms in total. The summed E-state index contributed by atoms with van der Waals surface area (Å²) in [6.07, 6.45) is -9.58. The number of nitrogens with zero attached hydrogens (tertiary/aromatic N) is 2. The van der Waals surface area contributed by atoms with Gasteiger partial charge in [-0.2, -0.15) is 17.6 Å². The number of alkyl halides is 4. The molecule has 0 aliphatic carbocycles. The fourth-order valence-corrected chi connectivity index (χ4v) is 2.90. The topological polar surface area (TPSA) is 265 Å². The van der Waals surface area contributed by atoms with Gasteiger partial charge in [0.25, 0.3) is 11.1 Å². The Bertz CT molecular complexity index is 1370. The summed E-state index contributed by atoms with van der Waals surface area (Å²) < 4.78 is 53.7. The lowest BCUT2D eigenvalue weighted by Gasteiger charge is -2.24. The number of carbonyl (C=O) groups is 2. The van der Waals surface area contributed by atoms with E-state index in [0.29, 0.717) is 12.4 Å². The van der Waals surface area contributed by atoms with Crippen LogP contribution in [0.1, 0.15) is 9.59 Å². The van der Waals surface area contributed by atoms with E-state index in [1.165, 1.54) is 4.98 Å². The van der Waals surface area contributed by atoms with Crippen LogP contribution in [0.25, 0.3) is 0 Å². The number of hydrogen-bond acceptors (Lipinski definition) is 12. The molecular formula is C18H18BrClF4N4O12. The molecule has 0 aliphatic rings. The third-order valence-corrected chi connectivity index (χ3v) is 5.49. The predicted molar refractivity (Wildman–Crippen MR) is 125 cm³/mol. The van der Waals surface area contributed by atoms with Crippen molar-refractivity contribution in [2.75, 3.05) is 13.2 Å². The Balaban J connectivity index is 0.000000400. The van der Waals surface area contributed by atoms with Gasteiger partial charge in [-0.05, 0) is 15.9 Å². The average Bonchev–Trinajstić information content (AvgIpc) is 2.90. The molecule has 2 rings (SSSR count). The molecule has 0 radical (unpaired) electrons. The number of rotatable bonds is 8. The maximum atomic E-state index is 13.6. The average molecular weight is 674 g/mol. The molecule has 4 atom stereocenters. The summed E-state index contributed by atoms with van der Waals surface area (Å²) >= 11 is 7.94. The molecule has 2 heterocycles. The lowest BCUT2D eigenvalue weighted by molar-refractivity contribution is -0.136. The summed E-state index contributed by atoms with van der Waals surface area (Å²) in [6.45, 7) is -2.44. The highest BCUT2D eigenvalue weighted by Crippen LogP contribution is 2.24. The number of aromatic nitrogens is 4. The van der Waals surface area contributed by atoms with Gasteiger partial charge in [0.2, 0.25) is 0 Å². The molecule has 0 fully saturated rings. The van der Waals surface area contributed by atoms with Gasteiger partial charge in [0.05, 0.1) is 17.7 Å². The van der Waals surface area contributed by atoms with E-state index in [-0.39, 0.29) is 13.6 Å². The molecule has 22 heteroatoms. The van der Waals surface area contributed by atoms with Crippen LogP contribution in [-0.4, -0.2) is 111 Å². The molecule has 0 bridgehead atoms. The Morgan fingerprint density at radius 2 is 1.15 bits per heavy atom. The zero-order valence-corrected chi connectivity index (χ0v) is 21.5. The molecule has 0 spiro atoms. The normalized spacial score (nSPS) is 14.9. The van der Waals surface area contributed by atoms with Crippen molar-refractivity contribution < 1.29 is 57.8 Å². The van der Waals surface area contributed by atoms with Crippen LogP contribution in [-0.2, 0) is 0 Å². The molecule has 40 heavy (non-hydrogen) atoms. The van der Waals surface area contributed by atoms with Crippen LogP contribution in [0.5, 0.6) is 0 Å². The van der Waals surface area contributed by atoms with Crippen molar-refractivity contribution in [1.82, 2.24) is 19.1 Å². The van der Waals surface area contributed by atoms with Crippen LogP contribution in [0, 0.1) is 0 Å². The van der Waals surface area contributed by atoms with Gasteiger partial charge in [0.15, 0.2) is 12.2 Å². The first-order valence-electron chi connectivity index (χ1n) is 10.1. The van der Waals surface area contributed by atoms with Crippen molar-refractivity contribution in [3.63, 3.8) is 0 Å². The van der Waals surface area contributed by atoms with E-state index in [1.54, 1.807) is 4.98 Å². The first-order valence-corrected chi connectivity index (χ1v) is 11.2. The number of aliphatic hydroxyl groups is 6. The number of aromatic amines is 2. The van der Waals surface area contributed by atoms with Crippen LogP contribution < -0.4 is 22.5 Å². The Morgan fingerprint density at radius 3 is 1.52 bits per heavy atom. The predicted octanol–water partition coefficient (Wildman–Crippen LogP) is -3.53. The third kappa shape index (κ3) is 7.57. The van der Waals surface area contributed by atoms with Gasteiger partial charge < -0.3 is 30.6 Å². The Morgan fingerprint density at radius 1 is 0.800 bits per heavy atom. The van der Waals surface area contributed by atoms with Gasteiger partial charge in [0.1, 0.15) is 17.2 Å². The van der Waals surface area contributed by atoms with E-state index in [9.17, 15) is 46.3 Å². The zero-order valence-electron chi connectivity index (χ0n) is 19.2. The van der Waals surface area contributed by atoms with E-state index in [4.69, 9.17) is 42.2 Å². The summed E-state index contributed by atoms with van der Waals surface area (Å²) in [7, 11) is 0. The van der Waals surface area contributed by atoms with Crippen LogP contribution >= 0.6 is 27.5 Å². The Hall–Kier alpha value is -3.05. The number of hydrogen-bond donors (Lipinski definition) is 8. The van der Waals surface area contributed by atoms with Gasteiger partial charge in [-0.1, -0.05) is 11.6 Å². The fraction of sp³-hybridized carbons (Fsp3) is 0.444. The second-order valence-electron chi connectivity index (χ2n) is 7.46. The SMILES string of the molecule is O=C(n1cc(Br)c(=O)[nH]c1=O)C(F)(F)[C@@H](O)[C@H](O)CO.O=C(n1cc(Cl)c(=O)[nH]c1=O)C(F)(F)[C@@H](O)[C@H](O)CO. The summed E-state index contributed by atoms with van der Waals surface area (Å²) in [6, 6.07) is 0. The Labute approximate surface area is 229 Å². The van der Waals surface area contributed by atoms with Crippen LogP contribution in [0.3, 0.4) is 0 Å². The smallest absolute Gasteiger partial charge is 0.353 e. The minimum Gasteiger partial charge on any atom is -0.394 e. The van der Waals surface area contributed by atoms with Crippen molar-refractivity contribution >= 4 is 39.3 Å². The quantitative estimate of drug-likeness (QED) is 0.127. The molecular weight excluding hydrogens is 656 g/mol. The Kier molecular flexibility index (Phi) is 11.8. The number of carbonyl (C=O) groups excluding carboxylic acids is 2. The molecule has 224 valence electrons. The van der Waals surface area contributed by atoms with Crippen LogP contribution in [0.2, 0.25) is 5.02 Å². The van der Waals surface area contributed by atoms with Crippen molar-refractivity contribution in [2.45, 2.75) is 36.3 Å². The largest absolute Gasteiger partial charge is 0.394 e. The van der Waals surface area contributed by atoms with Crippen molar-refractivity contribution in [3.8, 4) is 0 Å². The summed E-state index contributed by atoms with van der Waals surface area (Å²) in [5.74, 6) is -13.5. The number of H-pyrrole nitrogens is 2. The van der Waals surface area contributed by atoms with E-state index in [1.807, 2.05) is 0 Å². The highest BCUT2D eigenvalue weighted by Gasteiger charge is 2.52. The van der Waals surface area contributed by atoms with Gasteiger partial charge in [-0.3, -0.25) is 29.1 Å². The fourth-order valence-electron chi connectivity index (χ4n) is 2.45. The lowest BCUT2D eigenvalue weighted by Crippen LogP contribution is -2.53. The van der Waals surface area contributed by atoms with Gasteiger partial charge in [0, 0.05) is 12.4 Å². The van der Waals surface area contributed by atoms with E-state index in [2.05, 4.69) is 15.9 Å². The second-order valence-corrected chi connectivity index (χ2v) is 8.72. The molecule has 0 aromatic carbocycles. The number of nitrogens with one attached hydrogen (secondary N) is 2. The van der Waals surface area contributed by atoms with Gasteiger partial charge in [-0.25, -0.2) is 18.7 Å². The number of aliphatic hydroxyl groups excluding tert-OH is 6. The van der Waals surface area contributed by atoms with Crippen molar-refractivity contribution in [3.05, 3.63) is 63.6 Å². The first kappa shape index (κ1) is 35.0. The lowest BCUT2D eigenvalue weighted by atomic mass is 10.1. The van der Waals surface area contributed by atoms with Crippen LogP contribution in [0.15, 0.2) is 36.0 Å². The molecule has 0 saturated heterocycles. The molecule has 2 aromatic heterocycles. The summed E-state index contributed by atoms with van der Waals surface area (Å²) in [5.41, 5.74) is -4.94. The van der Waals surface area contributed by atoms with E-state index < -0.39 is 88.8 Å². The molecule has 0 unspecified atom stereocenters. The molecule has 0 aliphatic heterocycles. The number of halogens is 6. The van der Waals surface area contributed by atoms with Gasteiger partial charge in [-0.15, -0.1) is 0 Å². The van der Waals surface area contributed by atoms with E-state index in [0.717, 1.165) is 0 Å². The van der Waals surface area contributed by atoms with Crippen molar-refractivity contribution in [2.24, 2.45) is 0 Å². The standard InChI is InChI=1S/C9H9BrF2N2O6.C9H9ClF2N2O6/c2*10-3-1-14(8(20)13-6(3)18)7(19)9(11,12)5(17)4(16)2-15/h2*1,4-5,15-17H,2H2,(H,13,18,20)/t2*4-,5+/m11/s1. The second kappa shape index (κ2) is 13.5. The summed E-state index contributed by atoms with van der Waals surface area (Å²) in [5, 5.41) is 52.3. The molecule has 0 amide bonds. The molecule has 2 aromatic rings. The van der Waals surface area contributed by atoms with Crippen LogP contribution in [0.4, 0.5) is 17.6 Å². The minimum atomic E-state index is -4.59. The monoisotopic (exact) mass is 672 g/mol. The first-order chi connectivity index (χ1) is 18.2. The molecule has 8 N–H and O–H groups in total.